The molecule has 1 fully saturated rings. The van der Waals surface area contributed by atoms with Gasteiger partial charge < -0.3 is 9.64 Å². The lowest BCUT2D eigenvalue weighted by atomic mass is 9.93. The van der Waals surface area contributed by atoms with Gasteiger partial charge in [0.25, 0.3) is 0 Å². The Bertz CT molecular complexity index is 804. The number of pyridine rings is 1. The van der Waals surface area contributed by atoms with Crippen LogP contribution in [-0.2, 0) is 5.41 Å². The van der Waals surface area contributed by atoms with Crippen molar-refractivity contribution in [3.8, 4) is 5.75 Å². The third-order valence-electron chi connectivity index (χ3n) is 4.17. The molecule has 7 heteroatoms. The normalized spacial score (nSPS) is 18.5. The molecular formula is C17H21N5OS. The molecule has 6 nitrogen and oxygen atoms in total. The number of ether oxygens (including phenoxy) is 1. The first-order valence-corrected chi connectivity index (χ1v) is 8.99. The van der Waals surface area contributed by atoms with Gasteiger partial charge in [0.05, 0.1) is 18.4 Å². The van der Waals surface area contributed by atoms with Crippen LogP contribution >= 0.6 is 11.3 Å². The Morgan fingerprint density at radius 2 is 2.04 bits per heavy atom. The van der Waals surface area contributed by atoms with Gasteiger partial charge in [0.2, 0.25) is 10.1 Å². The third kappa shape index (κ3) is 2.96. The van der Waals surface area contributed by atoms with Crippen LogP contribution < -0.4 is 9.64 Å². The first-order valence-electron chi connectivity index (χ1n) is 8.17. The molecule has 24 heavy (non-hydrogen) atoms. The van der Waals surface area contributed by atoms with E-state index in [9.17, 15) is 0 Å². The van der Waals surface area contributed by atoms with E-state index in [0.717, 1.165) is 41.0 Å². The molecule has 4 rings (SSSR count). The number of aromatic nitrogens is 4. The summed E-state index contributed by atoms with van der Waals surface area (Å²) >= 11 is 1.64. The molecule has 4 heterocycles. The lowest BCUT2D eigenvalue weighted by Crippen LogP contribution is -2.24. The summed E-state index contributed by atoms with van der Waals surface area (Å²) in [5.41, 5.74) is 1.12. The van der Waals surface area contributed by atoms with Crippen LogP contribution in [0.15, 0.2) is 30.7 Å². The average molecular weight is 343 g/mol. The summed E-state index contributed by atoms with van der Waals surface area (Å²) in [6.07, 6.45) is 6.73. The van der Waals surface area contributed by atoms with Crippen LogP contribution in [0.1, 0.15) is 32.9 Å². The van der Waals surface area contributed by atoms with Crippen molar-refractivity contribution < 1.29 is 4.74 Å². The van der Waals surface area contributed by atoms with Crippen LogP contribution in [0.3, 0.4) is 0 Å². The maximum absolute atomic E-state index is 6.02. The molecule has 1 saturated heterocycles. The Labute approximate surface area is 145 Å². The quantitative estimate of drug-likeness (QED) is 0.731. The van der Waals surface area contributed by atoms with Crippen LogP contribution in [0.2, 0.25) is 0 Å². The minimum Gasteiger partial charge on any atom is -0.488 e. The molecule has 3 aromatic heterocycles. The number of anilines is 1. The minimum atomic E-state index is 0.0463. The molecule has 3 aromatic rings. The van der Waals surface area contributed by atoms with Gasteiger partial charge in [-0.3, -0.25) is 4.98 Å². The Balaban J connectivity index is 1.47. The second-order valence-corrected chi connectivity index (χ2v) is 8.08. The molecule has 0 spiro atoms. The molecular weight excluding hydrogens is 322 g/mol. The Hall–Kier alpha value is -2.15. The fourth-order valence-electron chi connectivity index (χ4n) is 2.79. The van der Waals surface area contributed by atoms with Gasteiger partial charge in [0, 0.05) is 30.8 Å². The molecule has 0 amide bonds. The van der Waals surface area contributed by atoms with Crippen molar-refractivity contribution in [3.05, 3.63) is 36.4 Å². The summed E-state index contributed by atoms with van der Waals surface area (Å²) in [5.74, 6) is 0.876. The highest BCUT2D eigenvalue weighted by Gasteiger charge is 2.27. The van der Waals surface area contributed by atoms with Crippen LogP contribution in [0.5, 0.6) is 5.75 Å². The topological polar surface area (TPSA) is 55.5 Å². The number of fused-ring (bicyclic) bond motifs is 1. The van der Waals surface area contributed by atoms with Gasteiger partial charge >= 0.3 is 0 Å². The summed E-state index contributed by atoms with van der Waals surface area (Å²) in [4.78, 5) is 12.0. The van der Waals surface area contributed by atoms with E-state index in [-0.39, 0.29) is 11.5 Å². The molecule has 1 atom stereocenters. The van der Waals surface area contributed by atoms with E-state index in [1.807, 2.05) is 22.8 Å². The third-order valence-corrected chi connectivity index (χ3v) is 5.15. The van der Waals surface area contributed by atoms with Crippen LogP contribution in [0.25, 0.3) is 4.96 Å². The average Bonchev–Trinajstić information content (AvgIpc) is 3.20. The SMILES string of the molecule is CC(C)(C)c1cn2nc(N3CC[C@@H](Oc4ccncc4)C3)sc2n1. The zero-order chi connectivity index (χ0) is 16.7. The summed E-state index contributed by atoms with van der Waals surface area (Å²) < 4.78 is 7.92. The lowest BCUT2D eigenvalue weighted by Gasteiger charge is -2.16. The van der Waals surface area contributed by atoms with Crippen molar-refractivity contribution >= 4 is 21.4 Å². The first-order chi connectivity index (χ1) is 11.5. The number of nitrogens with zero attached hydrogens (tertiary/aromatic N) is 5. The van der Waals surface area contributed by atoms with E-state index in [0.29, 0.717) is 0 Å². The number of rotatable bonds is 3. The smallest absolute Gasteiger partial charge is 0.214 e. The lowest BCUT2D eigenvalue weighted by molar-refractivity contribution is 0.224. The fraction of sp³-hybridized carbons (Fsp3) is 0.471. The highest BCUT2D eigenvalue weighted by Crippen LogP contribution is 2.30. The number of hydrogen-bond acceptors (Lipinski definition) is 6. The Morgan fingerprint density at radius 3 is 2.75 bits per heavy atom. The van der Waals surface area contributed by atoms with Gasteiger partial charge in [-0.1, -0.05) is 32.1 Å². The van der Waals surface area contributed by atoms with Crippen molar-refractivity contribution in [1.82, 2.24) is 19.6 Å². The van der Waals surface area contributed by atoms with Gasteiger partial charge in [-0.25, -0.2) is 9.50 Å². The zero-order valence-corrected chi connectivity index (χ0v) is 15.0. The molecule has 0 saturated carbocycles. The second-order valence-electron chi connectivity index (χ2n) is 7.15. The van der Waals surface area contributed by atoms with Crippen molar-refractivity contribution in [2.24, 2.45) is 0 Å². The van der Waals surface area contributed by atoms with Crippen molar-refractivity contribution in [2.75, 3.05) is 18.0 Å². The van der Waals surface area contributed by atoms with Gasteiger partial charge in [-0.05, 0) is 12.1 Å². The van der Waals surface area contributed by atoms with E-state index in [2.05, 4.69) is 30.7 Å². The van der Waals surface area contributed by atoms with E-state index >= 15 is 0 Å². The standard InChI is InChI=1S/C17H21N5OS/c1-17(2,3)14-11-22-15(19-14)24-16(20-22)21-9-6-13(10-21)23-12-4-7-18-8-5-12/h4-5,7-8,11,13H,6,9-10H2,1-3H3/t13-/m1/s1. The van der Waals surface area contributed by atoms with E-state index in [1.54, 1.807) is 23.7 Å². The van der Waals surface area contributed by atoms with Gasteiger partial charge in [0.15, 0.2) is 0 Å². The molecule has 0 unspecified atom stereocenters. The molecule has 1 aliphatic heterocycles. The number of hydrogen-bond donors (Lipinski definition) is 0. The highest BCUT2D eigenvalue weighted by molar-refractivity contribution is 7.20. The predicted octanol–water partition coefficient (Wildman–Crippen LogP) is 3.14. The maximum atomic E-state index is 6.02. The molecule has 0 bridgehead atoms. The highest BCUT2D eigenvalue weighted by atomic mass is 32.1. The zero-order valence-electron chi connectivity index (χ0n) is 14.1. The fourth-order valence-corrected chi connectivity index (χ4v) is 3.70. The summed E-state index contributed by atoms with van der Waals surface area (Å²) in [6, 6.07) is 3.79. The molecule has 1 aliphatic rings. The van der Waals surface area contributed by atoms with E-state index in [4.69, 9.17) is 14.8 Å². The second kappa shape index (κ2) is 5.73. The molecule has 126 valence electrons. The summed E-state index contributed by atoms with van der Waals surface area (Å²) in [5, 5.41) is 5.72. The number of imidazole rings is 1. The van der Waals surface area contributed by atoms with Gasteiger partial charge in [-0.15, -0.1) is 5.10 Å². The maximum Gasteiger partial charge on any atom is 0.214 e. The van der Waals surface area contributed by atoms with E-state index in [1.165, 1.54) is 0 Å². The largest absolute Gasteiger partial charge is 0.488 e. The molecule has 0 aliphatic carbocycles. The first kappa shape index (κ1) is 15.4. The Morgan fingerprint density at radius 1 is 1.25 bits per heavy atom. The van der Waals surface area contributed by atoms with Crippen molar-refractivity contribution in [2.45, 2.75) is 38.7 Å². The summed E-state index contributed by atoms with van der Waals surface area (Å²) in [7, 11) is 0. The monoisotopic (exact) mass is 343 g/mol. The van der Waals surface area contributed by atoms with Crippen LogP contribution in [-0.4, -0.2) is 38.8 Å². The molecule has 0 radical (unpaired) electrons. The van der Waals surface area contributed by atoms with Gasteiger partial charge in [0.1, 0.15) is 11.9 Å². The molecule has 0 aromatic carbocycles. The van der Waals surface area contributed by atoms with Crippen LogP contribution in [0, 0.1) is 0 Å². The minimum absolute atomic E-state index is 0.0463. The predicted molar refractivity (Wildman–Crippen MR) is 95.0 cm³/mol. The summed E-state index contributed by atoms with van der Waals surface area (Å²) in [6.45, 7) is 8.31. The van der Waals surface area contributed by atoms with Crippen LogP contribution in [0.4, 0.5) is 5.13 Å². The van der Waals surface area contributed by atoms with Crippen molar-refractivity contribution in [3.63, 3.8) is 0 Å². The van der Waals surface area contributed by atoms with Crippen molar-refractivity contribution in [1.29, 1.82) is 0 Å². The van der Waals surface area contributed by atoms with Gasteiger partial charge in [-0.2, -0.15) is 0 Å². The van der Waals surface area contributed by atoms with E-state index < -0.39 is 0 Å². The molecule has 0 N–H and O–H groups in total. The Kier molecular flexibility index (Phi) is 3.68.